The van der Waals surface area contributed by atoms with Crippen LogP contribution in [0.15, 0.2) is 34.9 Å². The average Bonchev–Trinajstić information content (AvgIpc) is 3.16. The molecule has 112 valence electrons. The Balaban J connectivity index is 1.62. The minimum atomic E-state index is 0.737. The van der Waals surface area contributed by atoms with Gasteiger partial charge in [-0.25, -0.2) is 0 Å². The van der Waals surface area contributed by atoms with E-state index < -0.39 is 0 Å². The van der Waals surface area contributed by atoms with Gasteiger partial charge in [0.1, 0.15) is 5.76 Å². The molecular weight excluding hydrogens is 260 g/mol. The van der Waals surface area contributed by atoms with Gasteiger partial charge in [-0.1, -0.05) is 17.7 Å². The Morgan fingerprint density at radius 3 is 2.76 bits per heavy atom. The van der Waals surface area contributed by atoms with E-state index in [1.807, 2.05) is 6.26 Å². The zero-order valence-electron chi connectivity index (χ0n) is 13.1. The molecule has 1 aromatic heterocycles. The molecule has 0 spiro atoms. The molecule has 0 atom stereocenters. The third-order valence-electron chi connectivity index (χ3n) is 4.04. The first-order valence-electron chi connectivity index (χ1n) is 7.70. The lowest BCUT2D eigenvalue weighted by Gasteiger charge is -2.20. The van der Waals surface area contributed by atoms with Crippen molar-refractivity contribution in [3.8, 4) is 0 Å². The number of benzene rings is 1. The summed E-state index contributed by atoms with van der Waals surface area (Å²) in [6.45, 7) is 6.00. The molecule has 0 saturated heterocycles. The molecular formula is C18H24N2O. The second-order valence-corrected chi connectivity index (χ2v) is 6.22. The highest BCUT2D eigenvalue weighted by Gasteiger charge is 2.20. The van der Waals surface area contributed by atoms with E-state index in [0.29, 0.717) is 0 Å². The van der Waals surface area contributed by atoms with Crippen LogP contribution in [-0.4, -0.2) is 13.1 Å². The summed E-state index contributed by atoms with van der Waals surface area (Å²) in [7, 11) is 2.11. The predicted octanol–water partition coefficient (Wildman–Crippen LogP) is 3.78. The van der Waals surface area contributed by atoms with Gasteiger partial charge in [-0.05, 0) is 44.4 Å². The molecule has 0 radical (unpaired) electrons. The molecule has 0 bridgehead atoms. The summed E-state index contributed by atoms with van der Waals surface area (Å²) in [5.74, 6) is 1.02. The van der Waals surface area contributed by atoms with Gasteiger partial charge in [0.25, 0.3) is 0 Å². The van der Waals surface area contributed by atoms with Gasteiger partial charge in [-0.15, -0.1) is 0 Å². The van der Waals surface area contributed by atoms with Crippen molar-refractivity contribution in [2.24, 2.45) is 0 Å². The van der Waals surface area contributed by atoms with E-state index in [9.17, 15) is 0 Å². The van der Waals surface area contributed by atoms with Gasteiger partial charge in [-0.3, -0.25) is 0 Å². The van der Waals surface area contributed by atoms with E-state index in [0.717, 1.165) is 24.9 Å². The maximum atomic E-state index is 5.69. The van der Waals surface area contributed by atoms with Crippen LogP contribution in [0.1, 0.15) is 35.3 Å². The van der Waals surface area contributed by atoms with Crippen LogP contribution in [0.25, 0.3) is 0 Å². The number of anilines is 1. The molecule has 0 unspecified atom stereocenters. The summed E-state index contributed by atoms with van der Waals surface area (Å²) in [5, 5.41) is 3.51. The topological polar surface area (TPSA) is 28.4 Å². The maximum absolute atomic E-state index is 5.69. The fraction of sp³-hybridized carbons (Fsp3) is 0.444. The van der Waals surface area contributed by atoms with E-state index in [1.54, 1.807) is 0 Å². The second-order valence-electron chi connectivity index (χ2n) is 6.22. The minimum absolute atomic E-state index is 0.737. The van der Waals surface area contributed by atoms with Crippen molar-refractivity contribution in [3.05, 3.63) is 53.0 Å². The third-order valence-corrected chi connectivity index (χ3v) is 4.04. The number of hydrogen-bond donors (Lipinski definition) is 1. The molecule has 3 nitrogen and oxygen atoms in total. The molecule has 21 heavy (non-hydrogen) atoms. The Bertz CT molecular complexity index is 613. The molecule has 3 heteroatoms. The molecule has 0 aliphatic heterocycles. The lowest BCUT2D eigenvalue weighted by atomic mass is 10.1. The van der Waals surface area contributed by atoms with Crippen molar-refractivity contribution in [1.82, 2.24) is 5.32 Å². The highest BCUT2D eigenvalue weighted by molar-refractivity contribution is 5.53. The van der Waals surface area contributed by atoms with E-state index >= 15 is 0 Å². The highest BCUT2D eigenvalue weighted by Crippen LogP contribution is 2.23. The van der Waals surface area contributed by atoms with Crippen molar-refractivity contribution >= 4 is 5.69 Å². The summed E-state index contributed by atoms with van der Waals surface area (Å²) >= 11 is 0. The number of nitrogens with one attached hydrogen (secondary N) is 1. The smallest absolute Gasteiger partial charge is 0.123 e. The van der Waals surface area contributed by atoms with Crippen LogP contribution in [0.2, 0.25) is 0 Å². The van der Waals surface area contributed by atoms with E-state index in [4.69, 9.17) is 4.42 Å². The van der Waals surface area contributed by atoms with Crippen LogP contribution in [0.5, 0.6) is 0 Å². The average molecular weight is 284 g/mol. The first-order valence-corrected chi connectivity index (χ1v) is 7.70. The van der Waals surface area contributed by atoms with E-state index in [1.165, 1.54) is 35.2 Å². The molecule has 1 aliphatic carbocycles. The fourth-order valence-corrected chi connectivity index (χ4v) is 2.70. The Hall–Kier alpha value is -1.74. The zero-order valence-corrected chi connectivity index (χ0v) is 13.1. The molecule has 1 aromatic carbocycles. The van der Waals surface area contributed by atoms with Crippen molar-refractivity contribution in [2.45, 2.75) is 45.8 Å². The van der Waals surface area contributed by atoms with Crippen LogP contribution >= 0.6 is 0 Å². The van der Waals surface area contributed by atoms with E-state index in [-0.39, 0.29) is 0 Å². The van der Waals surface area contributed by atoms with E-state index in [2.05, 4.69) is 55.4 Å². The van der Waals surface area contributed by atoms with Crippen LogP contribution in [0, 0.1) is 13.8 Å². The summed E-state index contributed by atoms with van der Waals surface area (Å²) in [6.07, 6.45) is 4.51. The van der Waals surface area contributed by atoms with Gasteiger partial charge in [0.15, 0.2) is 0 Å². The molecule has 1 fully saturated rings. The third kappa shape index (κ3) is 3.67. The van der Waals surface area contributed by atoms with Crippen molar-refractivity contribution in [1.29, 1.82) is 0 Å². The molecule has 3 rings (SSSR count). The SMILES string of the molecule is Cc1ccc(N(C)Cc2cc(CNC3CC3)co2)c(C)c1. The van der Waals surface area contributed by atoms with Gasteiger partial charge >= 0.3 is 0 Å². The van der Waals surface area contributed by atoms with Crippen LogP contribution in [0.3, 0.4) is 0 Å². The molecule has 1 N–H and O–H groups in total. The summed E-state index contributed by atoms with van der Waals surface area (Å²) in [5.41, 5.74) is 5.11. The lowest BCUT2D eigenvalue weighted by Crippen LogP contribution is -2.17. The summed E-state index contributed by atoms with van der Waals surface area (Å²) in [6, 6.07) is 9.46. The minimum Gasteiger partial charge on any atom is -0.467 e. The predicted molar refractivity (Wildman–Crippen MR) is 86.6 cm³/mol. The lowest BCUT2D eigenvalue weighted by molar-refractivity contribution is 0.504. The summed E-state index contributed by atoms with van der Waals surface area (Å²) < 4.78 is 5.69. The van der Waals surface area contributed by atoms with Gasteiger partial charge < -0.3 is 14.6 Å². The Labute approximate surface area is 127 Å². The molecule has 1 heterocycles. The van der Waals surface area contributed by atoms with Crippen molar-refractivity contribution in [2.75, 3.05) is 11.9 Å². The van der Waals surface area contributed by atoms with Gasteiger partial charge in [0.05, 0.1) is 12.8 Å². The first-order chi connectivity index (χ1) is 10.1. The highest BCUT2D eigenvalue weighted by atomic mass is 16.3. The molecule has 0 amide bonds. The molecule has 2 aromatic rings. The number of furan rings is 1. The largest absolute Gasteiger partial charge is 0.467 e. The standard InChI is InChI=1S/C18H24N2O/c1-13-4-7-18(14(2)8-13)20(3)11-17-9-15(12-21-17)10-19-16-5-6-16/h4,7-9,12,16,19H,5-6,10-11H2,1-3H3. The van der Waals surface area contributed by atoms with Crippen molar-refractivity contribution < 1.29 is 4.42 Å². The number of aryl methyl sites for hydroxylation is 2. The van der Waals surface area contributed by atoms with Crippen LogP contribution < -0.4 is 10.2 Å². The Morgan fingerprint density at radius 1 is 1.24 bits per heavy atom. The van der Waals surface area contributed by atoms with Gasteiger partial charge in [-0.2, -0.15) is 0 Å². The number of nitrogens with zero attached hydrogens (tertiary/aromatic N) is 1. The van der Waals surface area contributed by atoms with Crippen LogP contribution in [0.4, 0.5) is 5.69 Å². The van der Waals surface area contributed by atoms with Crippen molar-refractivity contribution in [3.63, 3.8) is 0 Å². The monoisotopic (exact) mass is 284 g/mol. The molecule has 1 saturated carbocycles. The van der Waals surface area contributed by atoms with Gasteiger partial charge in [0, 0.05) is 30.9 Å². The maximum Gasteiger partial charge on any atom is 0.123 e. The number of hydrogen-bond acceptors (Lipinski definition) is 3. The second kappa shape index (κ2) is 5.94. The molecule has 1 aliphatic rings. The normalized spacial score (nSPS) is 14.4. The zero-order chi connectivity index (χ0) is 14.8. The number of rotatable bonds is 6. The quantitative estimate of drug-likeness (QED) is 0.875. The first kappa shape index (κ1) is 14.2. The summed E-state index contributed by atoms with van der Waals surface area (Å²) in [4.78, 5) is 2.24. The van der Waals surface area contributed by atoms with Crippen LogP contribution in [-0.2, 0) is 13.1 Å². The fourth-order valence-electron chi connectivity index (χ4n) is 2.70. The Morgan fingerprint density at radius 2 is 2.05 bits per heavy atom. The van der Waals surface area contributed by atoms with Gasteiger partial charge in [0.2, 0.25) is 0 Å². The Kier molecular flexibility index (Phi) is 4.02.